The summed E-state index contributed by atoms with van der Waals surface area (Å²) in [5.74, 6) is 4.07. The van der Waals surface area contributed by atoms with E-state index in [2.05, 4.69) is 57.3 Å². The van der Waals surface area contributed by atoms with Crippen molar-refractivity contribution >= 4 is 22.7 Å². The third-order valence-corrected chi connectivity index (χ3v) is 4.95. The highest BCUT2D eigenvalue weighted by molar-refractivity contribution is 7.99. The molecule has 0 amide bonds. The van der Waals surface area contributed by atoms with Crippen LogP contribution in [0.4, 0.5) is 0 Å². The van der Waals surface area contributed by atoms with Crippen molar-refractivity contribution in [3.05, 3.63) is 35.6 Å². The second kappa shape index (κ2) is 7.90. The molecule has 0 fully saturated rings. The van der Waals surface area contributed by atoms with Crippen LogP contribution >= 0.6 is 11.8 Å². The van der Waals surface area contributed by atoms with Crippen molar-refractivity contribution in [2.75, 3.05) is 18.1 Å². The van der Waals surface area contributed by atoms with Crippen molar-refractivity contribution in [3.63, 3.8) is 0 Å². The Bertz CT molecular complexity index is 561. The average molecular weight is 305 g/mol. The van der Waals surface area contributed by atoms with E-state index in [1.807, 2.05) is 11.8 Å². The molecule has 0 aliphatic rings. The van der Waals surface area contributed by atoms with Gasteiger partial charge in [0.25, 0.3) is 0 Å². The molecule has 0 radical (unpaired) electrons. The Hall–Kier alpha value is -0.930. The molecule has 3 heteroatoms. The van der Waals surface area contributed by atoms with Crippen LogP contribution in [0.1, 0.15) is 44.6 Å². The smallest absolute Gasteiger partial charge is 0.137 e. The van der Waals surface area contributed by atoms with Crippen molar-refractivity contribution in [2.45, 2.75) is 40.2 Å². The molecule has 1 aromatic carbocycles. The highest BCUT2D eigenvalue weighted by Gasteiger charge is 2.16. The van der Waals surface area contributed by atoms with Gasteiger partial charge in [0.15, 0.2) is 0 Å². The Morgan fingerprint density at radius 1 is 1.24 bits per heavy atom. The maximum absolute atomic E-state index is 6.14. The minimum absolute atomic E-state index is 0.306. The predicted molar refractivity (Wildman–Crippen MR) is 94.1 cm³/mol. The van der Waals surface area contributed by atoms with E-state index >= 15 is 0 Å². The van der Waals surface area contributed by atoms with Gasteiger partial charge in [-0.05, 0) is 43.2 Å². The molecular formula is C18H27NOS. The number of fused-ring (bicyclic) bond motifs is 1. The molecule has 2 nitrogen and oxygen atoms in total. The summed E-state index contributed by atoms with van der Waals surface area (Å²) < 4.78 is 6.14. The van der Waals surface area contributed by atoms with Gasteiger partial charge in [0, 0.05) is 11.1 Å². The van der Waals surface area contributed by atoms with Crippen LogP contribution in [0.25, 0.3) is 11.0 Å². The van der Waals surface area contributed by atoms with Crippen LogP contribution in [-0.2, 0) is 0 Å². The van der Waals surface area contributed by atoms with Gasteiger partial charge in [-0.1, -0.05) is 39.0 Å². The third-order valence-electron chi connectivity index (χ3n) is 3.48. The van der Waals surface area contributed by atoms with Gasteiger partial charge in [0.1, 0.15) is 11.3 Å². The lowest BCUT2D eigenvalue weighted by Crippen LogP contribution is -2.24. The SMILES string of the molecule is CCCNC(CSCC(C)C)c1cc2cccc(C)c2o1. The van der Waals surface area contributed by atoms with Crippen LogP contribution in [0, 0.1) is 12.8 Å². The van der Waals surface area contributed by atoms with E-state index < -0.39 is 0 Å². The summed E-state index contributed by atoms with van der Waals surface area (Å²) in [6.45, 7) is 9.88. The van der Waals surface area contributed by atoms with Crippen molar-refractivity contribution in [2.24, 2.45) is 5.92 Å². The van der Waals surface area contributed by atoms with Gasteiger partial charge in [-0.25, -0.2) is 0 Å². The Kier molecular flexibility index (Phi) is 6.19. The van der Waals surface area contributed by atoms with Crippen LogP contribution in [0.2, 0.25) is 0 Å². The van der Waals surface area contributed by atoms with Gasteiger partial charge in [-0.2, -0.15) is 11.8 Å². The number of nitrogens with one attached hydrogen (secondary N) is 1. The molecule has 1 heterocycles. The summed E-state index contributed by atoms with van der Waals surface area (Å²) in [5, 5.41) is 4.84. The second-order valence-corrected chi connectivity index (χ2v) is 7.15. The van der Waals surface area contributed by atoms with E-state index in [0.29, 0.717) is 6.04 Å². The first-order chi connectivity index (χ1) is 10.1. The third kappa shape index (κ3) is 4.52. The molecule has 0 spiro atoms. The fraction of sp³-hybridized carbons (Fsp3) is 0.556. The number of benzene rings is 1. The Morgan fingerprint density at radius 3 is 2.71 bits per heavy atom. The molecule has 2 rings (SSSR count). The zero-order chi connectivity index (χ0) is 15.2. The van der Waals surface area contributed by atoms with E-state index in [1.165, 1.54) is 16.7 Å². The number of thioether (sulfide) groups is 1. The quantitative estimate of drug-likeness (QED) is 0.728. The van der Waals surface area contributed by atoms with E-state index in [4.69, 9.17) is 4.42 Å². The lowest BCUT2D eigenvalue weighted by atomic mass is 10.1. The van der Waals surface area contributed by atoms with Crippen LogP contribution < -0.4 is 5.32 Å². The second-order valence-electron chi connectivity index (χ2n) is 6.08. The largest absolute Gasteiger partial charge is 0.459 e. The monoisotopic (exact) mass is 305 g/mol. The van der Waals surface area contributed by atoms with Crippen LogP contribution in [0.3, 0.4) is 0 Å². The summed E-state index contributed by atoms with van der Waals surface area (Å²) in [6.07, 6.45) is 1.14. The number of furan rings is 1. The van der Waals surface area contributed by atoms with Crippen molar-refractivity contribution in [1.82, 2.24) is 5.32 Å². The number of aryl methyl sites for hydroxylation is 1. The molecule has 1 N–H and O–H groups in total. The summed E-state index contributed by atoms with van der Waals surface area (Å²) >= 11 is 2.01. The number of hydrogen-bond donors (Lipinski definition) is 1. The Balaban J connectivity index is 2.15. The predicted octanol–water partition coefficient (Wildman–Crippen LogP) is 5.17. The fourth-order valence-corrected chi connectivity index (χ4v) is 3.51. The number of hydrogen-bond acceptors (Lipinski definition) is 3. The maximum Gasteiger partial charge on any atom is 0.137 e. The molecule has 21 heavy (non-hydrogen) atoms. The zero-order valence-corrected chi connectivity index (χ0v) is 14.4. The molecule has 0 saturated heterocycles. The van der Waals surface area contributed by atoms with Crippen LogP contribution in [0.15, 0.2) is 28.7 Å². The van der Waals surface area contributed by atoms with E-state index in [9.17, 15) is 0 Å². The first-order valence-electron chi connectivity index (χ1n) is 7.92. The van der Waals surface area contributed by atoms with Gasteiger partial charge < -0.3 is 9.73 Å². The van der Waals surface area contributed by atoms with E-state index in [1.54, 1.807) is 0 Å². The van der Waals surface area contributed by atoms with E-state index in [-0.39, 0.29) is 0 Å². The number of rotatable bonds is 8. The Labute approximate surface area is 132 Å². The lowest BCUT2D eigenvalue weighted by Gasteiger charge is -2.16. The minimum atomic E-state index is 0.306. The maximum atomic E-state index is 6.14. The first kappa shape index (κ1) is 16.4. The Morgan fingerprint density at radius 2 is 2.05 bits per heavy atom. The minimum Gasteiger partial charge on any atom is -0.459 e. The van der Waals surface area contributed by atoms with Crippen LogP contribution in [-0.4, -0.2) is 18.1 Å². The molecule has 1 aromatic heterocycles. The first-order valence-corrected chi connectivity index (χ1v) is 9.07. The summed E-state index contributed by atoms with van der Waals surface area (Å²) in [4.78, 5) is 0. The van der Waals surface area contributed by atoms with Crippen molar-refractivity contribution in [3.8, 4) is 0 Å². The fourth-order valence-electron chi connectivity index (χ4n) is 2.38. The average Bonchev–Trinajstić information content (AvgIpc) is 2.87. The highest BCUT2D eigenvalue weighted by Crippen LogP contribution is 2.28. The number of para-hydroxylation sites is 1. The van der Waals surface area contributed by atoms with Crippen molar-refractivity contribution in [1.29, 1.82) is 0 Å². The normalized spacial score (nSPS) is 13.2. The molecular weight excluding hydrogens is 278 g/mol. The van der Waals surface area contributed by atoms with Crippen LogP contribution in [0.5, 0.6) is 0 Å². The van der Waals surface area contributed by atoms with Gasteiger partial charge >= 0.3 is 0 Å². The zero-order valence-electron chi connectivity index (χ0n) is 13.6. The molecule has 0 saturated carbocycles. The molecule has 116 valence electrons. The van der Waals surface area contributed by atoms with Crippen molar-refractivity contribution < 1.29 is 4.42 Å². The molecule has 0 bridgehead atoms. The highest BCUT2D eigenvalue weighted by atomic mass is 32.2. The topological polar surface area (TPSA) is 25.2 Å². The summed E-state index contributed by atoms with van der Waals surface area (Å²) in [6, 6.07) is 8.84. The van der Waals surface area contributed by atoms with Gasteiger partial charge in [0.05, 0.1) is 6.04 Å². The van der Waals surface area contributed by atoms with Gasteiger partial charge in [0.2, 0.25) is 0 Å². The molecule has 0 aliphatic carbocycles. The van der Waals surface area contributed by atoms with E-state index in [0.717, 1.165) is 36.0 Å². The lowest BCUT2D eigenvalue weighted by molar-refractivity contribution is 0.455. The standard InChI is InChI=1S/C18H27NOS/c1-5-9-19-16(12-21-11-13(2)3)17-10-15-8-6-7-14(4)18(15)20-17/h6-8,10,13,16,19H,5,9,11-12H2,1-4H3. The van der Waals surface area contributed by atoms with Gasteiger partial charge in [-0.3, -0.25) is 0 Å². The summed E-state index contributed by atoms with van der Waals surface area (Å²) in [7, 11) is 0. The molecule has 1 atom stereocenters. The van der Waals surface area contributed by atoms with Gasteiger partial charge in [-0.15, -0.1) is 0 Å². The molecule has 1 unspecified atom stereocenters. The summed E-state index contributed by atoms with van der Waals surface area (Å²) in [5.41, 5.74) is 2.24. The molecule has 0 aliphatic heterocycles. The molecule has 2 aromatic rings.